The SMILES string of the molecule is O=C(CNc1cc(-n2ccnc2)nc(NCc2ccccc2)n1)NCc1ccc(Cl)cc1Cl. The molecule has 0 aliphatic rings. The van der Waals surface area contributed by atoms with E-state index in [0.29, 0.717) is 40.7 Å². The molecule has 0 atom stereocenters. The highest BCUT2D eigenvalue weighted by molar-refractivity contribution is 6.35. The fraction of sp³-hybridized carbons (Fsp3) is 0.130. The summed E-state index contributed by atoms with van der Waals surface area (Å²) in [5.74, 6) is 1.35. The maximum atomic E-state index is 12.4. The quantitative estimate of drug-likeness (QED) is 0.329. The van der Waals surface area contributed by atoms with Crippen molar-refractivity contribution in [3.8, 4) is 5.82 Å². The van der Waals surface area contributed by atoms with E-state index in [1.54, 1.807) is 47.6 Å². The molecule has 2 aromatic heterocycles. The van der Waals surface area contributed by atoms with Gasteiger partial charge in [-0.05, 0) is 23.3 Å². The van der Waals surface area contributed by atoms with Crippen LogP contribution in [0.3, 0.4) is 0 Å². The van der Waals surface area contributed by atoms with Crippen LogP contribution in [0.2, 0.25) is 10.0 Å². The van der Waals surface area contributed by atoms with Crippen LogP contribution in [0.1, 0.15) is 11.1 Å². The fourth-order valence-corrected chi connectivity index (χ4v) is 3.48. The molecule has 10 heteroatoms. The van der Waals surface area contributed by atoms with Crippen molar-refractivity contribution in [3.05, 3.63) is 94.5 Å². The number of nitrogens with zero attached hydrogens (tertiary/aromatic N) is 4. The first-order valence-corrected chi connectivity index (χ1v) is 10.9. The van der Waals surface area contributed by atoms with Gasteiger partial charge < -0.3 is 16.0 Å². The highest BCUT2D eigenvalue weighted by atomic mass is 35.5. The highest BCUT2D eigenvalue weighted by Gasteiger charge is 2.09. The molecule has 168 valence electrons. The van der Waals surface area contributed by atoms with Crippen LogP contribution in [0, 0.1) is 0 Å². The van der Waals surface area contributed by atoms with Gasteiger partial charge in [-0.25, -0.2) is 4.98 Å². The van der Waals surface area contributed by atoms with Crippen molar-refractivity contribution >= 4 is 40.9 Å². The Labute approximate surface area is 201 Å². The molecule has 3 N–H and O–H groups in total. The number of carbonyl (C=O) groups is 1. The lowest BCUT2D eigenvalue weighted by atomic mass is 10.2. The van der Waals surface area contributed by atoms with Crippen LogP contribution in [0.25, 0.3) is 5.82 Å². The molecule has 0 saturated carbocycles. The molecule has 0 radical (unpaired) electrons. The van der Waals surface area contributed by atoms with E-state index in [1.807, 2.05) is 30.3 Å². The molecule has 2 aromatic carbocycles. The molecule has 4 rings (SSSR count). The van der Waals surface area contributed by atoms with Crippen molar-refractivity contribution in [1.82, 2.24) is 24.8 Å². The van der Waals surface area contributed by atoms with Crippen molar-refractivity contribution in [2.24, 2.45) is 0 Å². The third-order valence-corrected chi connectivity index (χ3v) is 5.28. The largest absolute Gasteiger partial charge is 0.361 e. The molecule has 1 amide bonds. The lowest BCUT2D eigenvalue weighted by molar-refractivity contribution is -0.119. The van der Waals surface area contributed by atoms with E-state index in [2.05, 4.69) is 30.9 Å². The standard InChI is InChI=1S/C23H21Cl2N7O/c24-18-7-6-17(19(25)10-18)13-28-22(33)14-27-20-11-21(32-9-8-26-15-32)31-23(30-20)29-12-16-4-2-1-3-5-16/h1-11,15H,12-14H2,(H,28,33)(H2,27,29,30,31). The number of hydrogen-bond donors (Lipinski definition) is 3. The average Bonchev–Trinajstić information content (AvgIpc) is 3.37. The molecule has 0 unspecified atom stereocenters. The summed E-state index contributed by atoms with van der Waals surface area (Å²) in [6, 6.07) is 16.9. The smallest absolute Gasteiger partial charge is 0.239 e. The maximum Gasteiger partial charge on any atom is 0.239 e. The highest BCUT2D eigenvalue weighted by Crippen LogP contribution is 2.20. The Bertz CT molecular complexity index is 1220. The van der Waals surface area contributed by atoms with Crippen molar-refractivity contribution in [2.75, 3.05) is 17.2 Å². The van der Waals surface area contributed by atoms with E-state index >= 15 is 0 Å². The summed E-state index contributed by atoms with van der Waals surface area (Å²) >= 11 is 12.1. The monoisotopic (exact) mass is 481 g/mol. The number of nitrogens with one attached hydrogen (secondary N) is 3. The van der Waals surface area contributed by atoms with Crippen molar-refractivity contribution in [3.63, 3.8) is 0 Å². The average molecular weight is 482 g/mol. The molecule has 0 fully saturated rings. The Morgan fingerprint density at radius 2 is 1.82 bits per heavy atom. The van der Waals surface area contributed by atoms with Gasteiger partial charge in [-0.3, -0.25) is 9.36 Å². The molecule has 0 aliphatic heterocycles. The Morgan fingerprint density at radius 3 is 2.58 bits per heavy atom. The van der Waals surface area contributed by atoms with Crippen molar-refractivity contribution in [2.45, 2.75) is 13.1 Å². The van der Waals surface area contributed by atoms with Crippen molar-refractivity contribution < 1.29 is 4.79 Å². The second kappa shape index (κ2) is 10.8. The van der Waals surface area contributed by atoms with Gasteiger partial charge in [0.1, 0.15) is 18.0 Å². The lowest BCUT2D eigenvalue weighted by Gasteiger charge is -2.12. The van der Waals surface area contributed by atoms with Crippen LogP contribution in [-0.2, 0) is 17.9 Å². The van der Waals surface area contributed by atoms with Gasteiger partial charge in [0, 0.05) is 41.6 Å². The van der Waals surface area contributed by atoms with Gasteiger partial charge in [0.25, 0.3) is 0 Å². The molecular formula is C23H21Cl2N7O. The second-order valence-electron chi connectivity index (χ2n) is 7.11. The molecule has 0 spiro atoms. The Morgan fingerprint density at radius 1 is 0.970 bits per heavy atom. The van der Waals surface area contributed by atoms with E-state index < -0.39 is 0 Å². The third kappa shape index (κ3) is 6.44. The van der Waals surface area contributed by atoms with Crippen molar-refractivity contribution in [1.29, 1.82) is 0 Å². The Kier molecular flexibility index (Phi) is 7.39. The predicted molar refractivity (Wildman–Crippen MR) is 130 cm³/mol. The zero-order valence-corrected chi connectivity index (χ0v) is 19.0. The van der Waals surface area contributed by atoms with Gasteiger partial charge in [-0.15, -0.1) is 0 Å². The van der Waals surface area contributed by atoms with E-state index in [4.69, 9.17) is 23.2 Å². The van der Waals surface area contributed by atoms with Crippen LogP contribution < -0.4 is 16.0 Å². The van der Waals surface area contributed by atoms with Crippen LogP contribution in [0.5, 0.6) is 0 Å². The topological polar surface area (TPSA) is 96.8 Å². The minimum absolute atomic E-state index is 0.0315. The number of benzene rings is 2. The van der Waals surface area contributed by atoms with Gasteiger partial charge in [0.2, 0.25) is 11.9 Å². The normalized spacial score (nSPS) is 10.6. The number of amides is 1. The zero-order valence-electron chi connectivity index (χ0n) is 17.5. The number of imidazole rings is 1. The number of hydrogen-bond acceptors (Lipinski definition) is 6. The molecule has 0 saturated heterocycles. The Balaban J connectivity index is 1.41. The van der Waals surface area contributed by atoms with Crippen LogP contribution in [-0.4, -0.2) is 32.0 Å². The fourth-order valence-electron chi connectivity index (χ4n) is 3.00. The summed E-state index contributed by atoms with van der Waals surface area (Å²) in [5.41, 5.74) is 1.88. The van der Waals surface area contributed by atoms with Crippen LogP contribution in [0.15, 0.2) is 73.3 Å². The summed E-state index contributed by atoms with van der Waals surface area (Å²) in [6.07, 6.45) is 5.10. The first kappa shape index (κ1) is 22.6. The zero-order chi connectivity index (χ0) is 23.0. The predicted octanol–water partition coefficient (Wildman–Crippen LogP) is 4.31. The summed E-state index contributed by atoms with van der Waals surface area (Å²) < 4.78 is 1.77. The Hall–Kier alpha value is -3.62. The van der Waals surface area contributed by atoms with Crippen LogP contribution in [0.4, 0.5) is 11.8 Å². The van der Waals surface area contributed by atoms with E-state index in [9.17, 15) is 4.79 Å². The van der Waals surface area contributed by atoms with E-state index in [0.717, 1.165) is 11.1 Å². The minimum Gasteiger partial charge on any atom is -0.361 e. The van der Waals surface area contributed by atoms with Gasteiger partial charge in [-0.2, -0.15) is 9.97 Å². The molecule has 0 bridgehead atoms. The molecule has 8 nitrogen and oxygen atoms in total. The van der Waals surface area contributed by atoms with Gasteiger partial charge in [0.15, 0.2) is 0 Å². The summed E-state index contributed by atoms with van der Waals surface area (Å²) in [4.78, 5) is 25.5. The summed E-state index contributed by atoms with van der Waals surface area (Å²) in [5, 5.41) is 10.2. The number of rotatable bonds is 9. The summed E-state index contributed by atoms with van der Waals surface area (Å²) in [6.45, 7) is 0.893. The minimum atomic E-state index is -0.206. The molecule has 4 aromatic rings. The first-order valence-electron chi connectivity index (χ1n) is 10.2. The number of halogens is 2. The molecule has 33 heavy (non-hydrogen) atoms. The molecule has 2 heterocycles. The second-order valence-corrected chi connectivity index (χ2v) is 7.95. The van der Waals surface area contributed by atoms with Gasteiger partial charge in [-0.1, -0.05) is 59.6 Å². The lowest BCUT2D eigenvalue weighted by Crippen LogP contribution is -2.29. The molecule has 0 aliphatic carbocycles. The number of carbonyl (C=O) groups excluding carboxylic acids is 1. The molecular weight excluding hydrogens is 461 g/mol. The first-order chi connectivity index (χ1) is 16.1. The van der Waals surface area contributed by atoms with Gasteiger partial charge in [0.05, 0.1) is 6.54 Å². The number of anilines is 2. The van der Waals surface area contributed by atoms with Crippen LogP contribution >= 0.6 is 23.2 Å². The summed E-state index contributed by atoms with van der Waals surface area (Å²) in [7, 11) is 0. The van der Waals surface area contributed by atoms with E-state index in [-0.39, 0.29) is 12.5 Å². The number of aromatic nitrogens is 4. The van der Waals surface area contributed by atoms with E-state index in [1.165, 1.54) is 0 Å². The maximum absolute atomic E-state index is 12.4. The third-order valence-electron chi connectivity index (χ3n) is 4.70. The van der Waals surface area contributed by atoms with Gasteiger partial charge >= 0.3 is 0 Å².